The van der Waals surface area contributed by atoms with E-state index in [1.165, 1.54) is 13.8 Å². The number of allylic oxidation sites excluding steroid dienone is 3. The summed E-state index contributed by atoms with van der Waals surface area (Å²) >= 11 is 0. The molecule has 1 saturated heterocycles. The number of hydrogen-bond acceptors (Lipinski definition) is 6. The zero-order valence-electron chi connectivity index (χ0n) is 23.1. The van der Waals surface area contributed by atoms with Gasteiger partial charge in [-0.25, -0.2) is 0 Å². The van der Waals surface area contributed by atoms with Gasteiger partial charge in [-0.3, -0.25) is 14.4 Å². The van der Waals surface area contributed by atoms with Gasteiger partial charge in [0.2, 0.25) is 0 Å². The highest BCUT2D eigenvalue weighted by atomic mass is 16.6. The quantitative estimate of drug-likeness (QED) is 0.245. The van der Waals surface area contributed by atoms with E-state index in [0.29, 0.717) is 43.6 Å². The molecule has 0 radical (unpaired) electrons. The summed E-state index contributed by atoms with van der Waals surface area (Å²) in [5, 5.41) is 0. The summed E-state index contributed by atoms with van der Waals surface area (Å²) in [6.45, 7) is 14.3. The van der Waals surface area contributed by atoms with Gasteiger partial charge in [-0.15, -0.1) is 0 Å². The summed E-state index contributed by atoms with van der Waals surface area (Å²) in [6.07, 6.45) is 11.0. The maximum atomic E-state index is 14.2. The van der Waals surface area contributed by atoms with E-state index in [0.717, 1.165) is 24.8 Å². The topological polar surface area (TPSA) is 82.2 Å². The van der Waals surface area contributed by atoms with E-state index in [1.807, 2.05) is 0 Å². The Morgan fingerprint density at radius 1 is 1.11 bits per heavy atom. The van der Waals surface area contributed by atoms with E-state index in [1.54, 1.807) is 0 Å². The minimum absolute atomic E-state index is 0.102. The van der Waals surface area contributed by atoms with Crippen LogP contribution in [0.3, 0.4) is 0 Å². The van der Waals surface area contributed by atoms with Crippen molar-refractivity contribution in [2.75, 3.05) is 6.61 Å². The molecule has 0 bridgehead atoms. The van der Waals surface area contributed by atoms with Crippen LogP contribution < -0.4 is 0 Å². The first-order chi connectivity index (χ1) is 16.8. The lowest BCUT2D eigenvalue weighted by Crippen LogP contribution is -2.54. The second-order valence-electron chi connectivity index (χ2n) is 12.5. The number of carbonyl (C=O) groups excluding carboxylic acids is 3. The maximum absolute atomic E-state index is 14.2. The monoisotopic (exact) mass is 500 g/mol. The lowest BCUT2D eigenvalue weighted by Gasteiger charge is -2.46. The number of ketones is 1. The Balaban J connectivity index is 1.62. The van der Waals surface area contributed by atoms with Gasteiger partial charge in [0.05, 0.1) is 12.0 Å². The average Bonchev–Trinajstić information content (AvgIpc) is 3.38. The van der Waals surface area contributed by atoms with Crippen LogP contribution in [0.5, 0.6) is 0 Å². The van der Waals surface area contributed by atoms with Crippen molar-refractivity contribution < 1.29 is 28.6 Å². The highest BCUT2D eigenvalue weighted by Gasteiger charge is 2.74. The molecule has 6 nitrogen and oxygen atoms in total. The van der Waals surface area contributed by atoms with Crippen molar-refractivity contribution in [1.29, 1.82) is 0 Å². The summed E-state index contributed by atoms with van der Waals surface area (Å²) in [7, 11) is 0. The third kappa shape index (κ3) is 4.59. The number of Topliss-reactive ketones (excluding diaryl/α,β-unsaturated/α-hetero) is 1. The Labute approximate surface area is 216 Å². The minimum atomic E-state index is -0.601. The van der Waals surface area contributed by atoms with E-state index in [9.17, 15) is 14.4 Å². The van der Waals surface area contributed by atoms with Crippen LogP contribution in [0.2, 0.25) is 0 Å². The lowest BCUT2D eigenvalue weighted by atomic mass is 9.55. The number of ether oxygens (including phenoxy) is 3. The zero-order chi connectivity index (χ0) is 26.5. The molecule has 36 heavy (non-hydrogen) atoms. The average molecular weight is 501 g/mol. The van der Waals surface area contributed by atoms with Crippen molar-refractivity contribution in [2.24, 2.45) is 34.5 Å². The molecule has 3 aliphatic carbocycles. The summed E-state index contributed by atoms with van der Waals surface area (Å²) in [5.41, 5.74) is -0.408. The van der Waals surface area contributed by atoms with Crippen LogP contribution in [0.15, 0.2) is 23.8 Å². The molecule has 2 saturated carbocycles. The second kappa shape index (κ2) is 9.74. The van der Waals surface area contributed by atoms with Crippen molar-refractivity contribution >= 4 is 17.7 Å². The van der Waals surface area contributed by atoms with Gasteiger partial charge in [0.15, 0.2) is 5.78 Å². The van der Waals surface area contributed by atoms with Gasteiger partial charge in [0.1, 0.15) is 17.8 Å². The van der Waals surface area contributed by atoms with Gasteiger partial charge in [0, 0.05) is 20.3 Å². The molecule has 4 aliphatic rings. The fourth-order valence-corrected chi connectivity index (χ4v) is 7.71. The molecule has 8 atom stereocenters. The Morgan fingerprint density at radius 2 is 1.83 bits per heavy atom. The third-order valence-corrected chi connectivity index (χ3v) is 9.76. The fourth-order valence-electron chi connectivity index (χ4n) is 7.71. The van der Waals surface area contributed by atoms with E-state index in [4.69, 9.17) is 14.2 Å². The first kappa shape index (κ1) is 27.1. The van der Waals surface area contributed by atoms with Crippen LogP contribution in [-0.4, -0.2) is 42.1 Å². The largest absolute Gasteiger partial charge is 0.466 e. The van der Waals surface area contributed by atoms with Crippen LogP contribution in [-0.2, 0) is 28.6 Å². The molecule has 0 amide bonds. The smallest absolute Gasteiger partial charge is 0.302 e. The molecule has 6 heteroatoms. The molecule has 0 aromatic carbocycles. The minimum Gasteiger partial charge on any atom is -0.466 e. The molecule has 200 valence electrons. The maximum Gasteiger partial charge on any atom is 0.302 e. The van der Waals surface area contributed by atoms with Gasteiger partial charge < -0.3 is 14.2 Å². The SMILES string of the molecule is CC(=O)OCCC1(C)C(C2=CC3OC34CC(OC(C)=O)CCC4(C)C2=O)CCC1C(C)C=CC(C)C. The lowest BCUT2D eigenvalue weighted by molar-refractivity contribution is -0.153. The molecular weight excluding hydrogens is 456 g/mol. The first-order valence-corrected chi connectivity index (χ1v) is 13.8. The van der Waals surface area contributed by atoms with Crippen molar-refractivity contribution in [1.82, 2.24) is 0 Å². The fraction of sp³-hybridized carbons (Fsp3) is 0.767. The van der Waals surface area contributed by atoms with Gasteiger partial charge in [-0.1, -0.05) is 39.8 Å². The summed E-state index contributed by atoms with van der Waals surface area (Å²) < 4.78 is 17.2. The molecule has 1 spiro atoms. The molecule has 1 heterocycles. The number of epoxide rings is 1. The highest BCUT2D eigenvalue weighted by Crippen LogP contribution is 2.66. The number of hydrogen-bond donors (Lipinski definition) is 0. The van der Waals surface area contributed by atoms with E-state index < -0.39 is 11.0 Å². The molecule has 8 unspecified atom stereocenters. The third-order valence-electron chi connectivity index (χ3n) is 9.76. The van der Waals surface area contributed by atoms with Crippen LogP contribution in [0.25, 0.3) is 0 Å². The standard InChI is InChI=1S/C30H44O6/c1-18(2)8-9-19(3)24-10-11-25(28(24,6)14-15-34-20(4)31)23-16-26-30(36-26)17-22(35-21(5)32)12-13-29(30,7)27(23)33/h8-9,16,18-19,22,24-26H,10-15,17H2,1-7H3. The van der Waals surface area contributed by atoms with Crippen molar-refractivity contribution in [3.05, 3.63) is 23.8 Å². The van der Waals surface area contributed by atoms with E-state index in [-0.39, 0.29) is 41.3 Å². The van der Waals surface area contributed by atoms with Gasteiger partial charge in [0.25, 0.3) is 0 Å². The second-order valence-corrected chi connectivity index (χ2v) is 12.5. The van der Waals surface area contributed by atoms with Crippen LogP contribution in [0, 0.1) is 34.5 Å². The predicted octanol–water partition coefficient (Wildman–Crippen LogP) is 5.59. The predicted molar refractivity (Wildman–Crippen MR) is 137 cm³/mol. The zero-order valence-corrected chi connectivity index (χ0v) is 23.1. The van der Waals surface area contributed by atoms with Crippen LogP contribution in [0.4, 0.5) is 0 Å². The normalized spacial score (nSPS) is 40.4. The van der Waals surface area contributed by atoms with Crippen LogP contribution in [0.1, 0.15) is 87.0 Å². The van der Waals surface area contributed by atoms with E-state index in [2.05, 4.69) is 52.8 Å². The number of carbonyl (C=O) groups is 3. The summed E-state index contributed by atoms with van der Waals surface area (Å²) in [4.78, 5) is 37.3. The van der Waals surface area contributed by atoms with Gasteiger partial charge in [-0.05, 0) is 79.8 Å². The molecule has 0 aromatic heterocycles. The highest BCUT2D eigenvalue weighted by molar-refractivity contribution is 6.03. The van der Waals surface area contributed by atoms with Crippen LogP contribution >= 0.6 is 0 Å². The van der Waals surface area contributed by atoms with Gasteiger partial charge >= 0.3 is 11.9 Å². The van der Waals surface area contributed by atoms with Gasteiger partial charge in [-0.2, -0.15) is 0 Å². The molecule has 4 rings (SSSR count). The molecule has 3 fully saturated rings. The van der Waals surface area contributed by atoms with E-state index >= 15 is 0 Å². The summed E-state index contributed by atoms with van der Waals surface area (Å²) in [6, 6.07) is 0. The Morgan fingerprint density at radius 3 is 2.47 bits per heavy atom. The first-order valence-electron chi connectivity index (χ1n) is 13.8. The van der Waals surface area contributed by atoms with Crippen molar-refractivity contribution in [2.45, 2.75) is 105 Å². The number of esters is 2. The molecular formula is C30H44O6. The Bertz CT molecular complexity index is 964. The molecule has 0 aromatic rings. The molecule has 0 N–H and O–H groups in total. The molecule has 1 aliphatic heterocycles. The van der Waals surface area contributed by atoms with Crippen molar-refractivity contribution in [3.8, 4) is 0 Å². The number of rotatable bonds is 8. The summed E-state index contributed by atoms with van der Waals surface area (Å²) in [5.74, 6) is 1.00. The van der Waals surface area contributed by atoms with Crippen molar-refractivity contribution in [3.63, 3.8) is 0 Å². The Hall–Kier alpha value is -1.95. The Kier molecular flexibility index (Phi) is 7.33.